The van der Waals surface area contributed by atoms with E-state index in [0.717, 1.165) is 36.0 Å². The third kappa shape index (κ3) is 4.56. The number of anilines is 1. The minimum atomic E-state index is -0.108. The van der Waals surface area contributed by atoms with Gasteiger partial charge in [-0.2, -0.15) is 0 Å². The van der Waals surface area contributed by atoms with Crippen molar-refractivity contribution in [3.63, 3.8) is 0 Å². The van der Waals surface area contributed by atoms with Crippen LogP contribution in [0.15, 0.2) is 28.7 Å². The maximum absolute atomic E-state index is 12.3. The molecule has 0 aromatic heterocycles. The summed E-state index contributed by atoms with van der Waals surface area (Å²) in [4.78, 5) is 26.1. The summed E-state index contributed by atoms with van der Waals surface area (Å²) < 4.78 is 0.981. The van der Waals surface area contributed by atoms with Crippen LogP contribution < -0.4 is 5.32 Å². The molecule has 1 aliphatic heterocycles. The highest BCUT2D eigenvalue weighted by Gasteiger charge is 2.27. The number of rotatable bonds is 4. The molecule has 1 heterocycles. The minimum absolute atomic E-state index is 0.00585. The Morgan fingerprint density at radius 2 is 2.05 bits per heavy atom. The first-order valence-electron chi connectivity index (χ1n) is 7.44. The summed E-state index contributed by atoms with van der Waals surface area (Å²) in [5.41, 5.74) is 0.792. The third-order valence-corrected chi connectivity index (χ3v) is 4.25. The zero-order chi connectivity index (χ0) is 15.2. The van der Waals surface area contributed by atoms with Crippen molar-refractivity contribution in [2.75, 3.05) is 18.4 Å². The fraction of sp³-hybridized carbons (Fsp3) is 0.500. The van der Waals surface area contributed by atoms with Crippen LogP contribution in [0, 0.1) is 5.92 Å². The van der Waals surface area contributed by atoms with Crippen LogP contribution in [0.4, 0.5) is 5.69 Å². The van der Waals surface area contributed by atoms with E-state index in [-0.39, 0.29) is 17.7 Å². The Balaban J connectivity index is 1.92. The number of carbonyl (C=O) groups is 2. The first-order chi connectivity index (χ1) is 10.1. The number of amides is 2. The van der Waals surface area contributed by atoms with Crippen LogP contribution >= 0.6 is 15.9 Å². The molecule has 5 heteroatoms. The van der Waals surface area contributed by atoms with Crippen LogP contribution in [0.2, 0.25) is 0 Å². The minimum Gasteiger partial charge on any atom is -0.342 e. The maximum atomic E-state index is 12.3. The smallest absolute Gasteiger partial charge is 0.229 e. The second-order valence-corrected chi connectivity index (χ2v) is 6.34. The molecule has 1 saturated heterocycles. The molecule has 114 valence electrons. The van der Waals surface area contributed by atoms with Crippen molar-refractivity contribution in [1.82, 2.24) is 4.90 Å². The van der Waals surface area contributed by atoms with Crippen LogP contribution in [0.25, 0.3) is 0 Å². The highest BCUT2D eigenvalue weighted by atomic mass is 79.9. The first-order valence-corrected chi connectivity index (χ1v) is 8.23. The van der Waals surface area contributed by atoms with Crippen LogP contribution in [0.1, 0.15) is 32.6 Å². The topological polar surface area (TPSA) is 49.4 Å². The molecule has 0 aliphatic carbocycles. The second kappa shape index (κ2) is 7.59. The average molecular weight is 353 g/mol. The van der Waals surface area contributed by atoms with Crippen LogP contribution in [-0.2, 0) is 9.59 Å². The molecule has 2 amide bonds. The maximum Gasteiger partial charge on any atom is 0.229 e. The van der Waals surface area contributed by atoms with Crippen molar-refractivity contribution in [1.29, 1.82) is 0 Å². The molecule has 2 rings (SSSR count). The van der Waals surface area contributed by atoms with Crippen molar-refractivity contribution in [2.24, 2.45) is 5.92 Å². The van der Waals surface area contributed by atoms with Gasteiger partial charge >= 0.3 is 0 Å². The third-order valence-electron chi connectivity index (χ3n) is 3.72. The largest absolute Gasteiger partial charge is 0.342 e. The van der Waals surface area contributed by atoms with Gasteiger partial charge in [0.05, 0.1) is 5.92 Å². The number of halogens is 1. The molecule has 1 aliphatic rings. The van der Waals surface area contributed by atoms with E-state index in [1.54, 1.807) is 0 Å². The summed E-state index contributed by atoms with van der Waals surface area (Å²) in [6, 6.07) is 7.52. The summed E-state index contributed by atoms with van der Waals surface area (Å²) in [6.45, 7) is 3.32. The SMILES string of the molecule is CCCC(=O)N1CCCC(C(=O)Nc2ccc(Br)cc2)C1. The standard InChI is InChI=1S/C16H21BrN2O2/c1-2-4-15(20)19-10-3-5-12(11-19)16(21)18-14-8-6-13(17)7-9-14/h6-9,12H,2-5,10-11H2,1H3,(H,18,21). The number of piperidine rings is 1. The van der Waals surface area contributed by atoms with Gasteiger partial charge in [0.2, 0.25) is 11.8 Å². The van der Waals surface area contributed by atoms with Gasteiger partial charge in [0.1, 0.15) is 0 Å². The summed E-state index contributed by atoms with van der Waals surface area (Å²) in [5, 5.41) is 2.93. The van der Waals surface area contributed by atoms with Gasteiger partial charge in [0, 0.05) is 29.7 Å². The van der Waals surface area contributed by atoms with Crippen molar-refractivity contribution < 1.29 is 9.59 Å². The molecule has 0 spiro atoms. The van der Waals surface area contributed by atoms with Crippen LogP contribution in [-0.4, -0.2) is 29.8 Å². The van der Waals surface area contributed by atoms with Gasteiger partial charge in [-0.3, -0.25) is 9.59 Å². The van der Waals surface area contributed by atoms with Gasteiger partial charge in [-0.1, -0.05) is 22.9 Å². The molecular weight excluding hydrogens is 332 g/mol. The van der Waals surface area contributed by atoms with E-state index < -0.39 is 0 Å². The summed E-state index contributed by atoms with van der Waals surface area (Å²) in [6.07, 6.45) is 3.16. The number of hydrogen-bond acceptors (Lipinski definition) is 2. The number of likely N-dealkylation sites (tertiary alicyclic amines) is 1. The van der Waals surface area contributed by atoms with E-state index in [1.807, 2.05) is 36.1 Å². The van der Waals surface area contributed by atoms with Gasteiger partial charge in [0.15, 0.2) is 0 Å². The Bertz CT molecular complexity index is 502. The summed E-state index contributed by atoms with van der Waals surface area (Å²) in [7, 11) is 0. The molecule has 1 fully saturated rings. The molecule has 1 aromatic rings. The predicted octanol–water partition coefficient (Wildman–Crippen LogP) is 3.43. The zero-order valence-electron chi connectivity index (χ0n) is 12.3. The molecule has 1 aromatic carbocycles. The fourth-order valence-electron chi connectivity index (χ4n) is 2.57. The average Bonchev–Trinajstić information content (AvgIpc) is 2.50. The molecule has 21 heavy (non-hydrogen) atoms. The van der Waals surface area contributed by atoms with Gasteiger partial charge in [-0.15, -0.1) is 0 Å². The second-order valence-electron chi connectivity index (χ2n) is 5.43. The summed E-state index contributed by atoms with van der Waals surface area (Å²) >= 11 is 3.37. The van der Waals surface area contributed by atoms with Crippen molar-refractivity contribution in [3.8, 4) is 0 Å². The molecule has 4 nitrogen and oxygen atoms in total. The van der Waals surface area contributed by atoms with Crippen LogP contribution in [0.5, 0.6) is 0 Å². The van der Waals surface area contributed by atoms with Crippen molar-refractivity contribution >= 4 is 33.4 Å². The van der Waals surface area contributed by atoms with E-state index in [2.05, 4.69) is 21.2 Å². The van der Waals surface area contributed by atoms with E-state index >= 15 is 0 Å². The van der Waals surface area contributed by atoms with E-state index in [9.17, 15) is 9.59 Å². The van der Waals surface area contributed by atoms with Crippen molar-refractivity contribution in [3.05, 3.63) is 28.7 Å². The quantitative estimate of drug-likeness (QED) is 0.902. The molecule has 0 saturated carbocycles. The lowest BCUT2D eigenvalue weighted by Crippen LogP contribution is -2.43. The van der Waals surface area contributed by atoms with Gasteiger partial charge in [0.25, 0.3) is 0 Å². The zero-order valence-corrected chi connectivity index (χ0v) is 13.9. The Morgan fingerprint density at radius 3 is 2.71 bits per heavy atom. The van der Waals surface area contributed by atoms with Crippen molar-refractivity contribution in [2.45, 2.75) is 32.6 Å². The summed E-state index contributed by atoms with van der Waals surface area (Å²) in [5.74, 6) is 0.0631. The Hall–Kier alpha value is -1.36. The van der Waals surface area contributed by atoms with E-state index in [0.29, 0.717) is 13.0 Å². The lowest BCUT2D eigenvalue weighted by atomic mass is 9.96. The van der Waals surface area contributed by atoms with E-state index in [1.165, 1.54) is 0 Å². The number of nitrogens with one attached hydrogen (secondary N) is 1. The molecular formula is C16H21BrN2O2. The normalized spacial score (nSPS) is 18.4. The highest BCUT2D eigenvalue weighted by molar-refractivity contribution is 9.10. The molecule has 0 bridgehead atoms. The highest BCUT2D eigenvalue weighted by Crippen LogP contribution is 2.20. The predicted molar refractivity (Wildman–Crippen MR) is 87.0 cm³/mol. The molecule has 1 N–H and O–H groups in total. The van der Waals surface area contributed by atoms with Gasteiger partial charge in [-0.25, -0.2) is 0 Å². The monoisotopic (exact) mass is 352 g/mol. The lowest BCUT2D eigenvalue weighted by molar-refractivity contribution is -0.134. The molecule has 0 radical (unpaired) electrons. The van der Waals surface area contributed by atoms with E-state index in [4.69, 9.17) is 0 Å². The molecule has 1 atom stereocenters. The number of hydrogen-bond donors (Lipinski definition) is 1. The van der Waals surface area contributed by atoms with Crippen LogP contribution in [0.3, 0.4) is 0 Å². The van der Waals surface area contributed by atoms with Gasteiger partial charge in [-0.05, 0) is 43.5 Å². The number of carbonyl (C=O) groups excluding carboxylic acids is 2. The van der Waals surface area contributed by atoms with Gasteiger partial charge < -0.3 is 10.2 Å². The number of benzene rings is 1. The Morgan fingerprint density at radius 1 is 1.33 bits per heavy atom. The Kier molecular flexibility index (Phi) is 5.79. The number of nitrogens with zero attached hydrogens (tertiary/aromatic N) is 1. The first kappa shape index (κ1) is 16.0. The molecule has 1 unspecified atom stereocenters. The fourth-order valence-corrected chi connectivity index (χ4v) is 2.83. The lowest BCUT2D eigenvalue weighted by Gasteiger charge is -2.32. The Labute approximate surface area is 134 Å².